The average Bonchev–Trinajstić information content (AvgIpc) is 2.84. The smallest absolute Gasteiger partial charge is 0.113 e. The second kappa shape index (κ2) is 12.0. The monoisotopic (exact) mass is 448 g/mol. The molecule has 0 radical (unpaired) electrons. The first-order valence-corrected chi connectivity index (χ1v) is 14.3. The van der Waals surface area contributed by atoms with Crippen LogP contribution in [0, 0.1) is 11.8 Å². The van der Waals surface area contributed by atoms with Crippen molar-refractivity contribution in [3.63, 3.8) is 0 Å². The van der Waals surface area contributed by atoms with E-state index in [1.54, 1.807) is 0 Å². The lowest BCUT2D eigenvalue weighted by molar-refractivity contribution is -0.183. The minimum absolute atomic E-state index is 0.0237. The van der Waals surface area contributed by atoms with Gasteiger partial charge in [0, 0.05) is 28.9 Å². The summed E-state index contributed by atoms with van der Waals surface area (Å²) in [6.07, 6.45) is 21.3. The van der Waals surface area contributed by atoms with Crippen LogP contribution in [0.3, 0.4) is 0 Å². The highest BCUT2D eigenvalue weighted by Gasteiger charge is 2.38. The number of piperidine rings is 2. The average molecular weight is 449 g/mol. The number of hydrogen-bond acceptors (Lipinski definition) is 4. The highest BCUT2D eigenvalue weighted by Crippen LogP contribution is 2.36. The largest absolute Gasteiger partial charge is 0.360 e. The molecule has 0 saturated carbocycles. The maximum absolute atomic E-state index is 9.32. The van der Waals surface area contributed by atoms with E-state index in [2.05, 4.69) is 9.80 Å². The lowest BCUT2D eigenvalue weighted by atomic mass is 9.87. The second-order valence-electron chi connectivity index (χ2n) is 11.3. The maximum Gasteiger partial charge on any atom is 0.113 e. The quantitative estimate of drug-likeness (QED) is 0.432. The van der Waals surface area contributed by atoms with Gasteiger partial charge in [-0.2, -0.15) is 0 Å². The van der Waals surface area contributed by atoms with Gasteiger partial charge in [0.05, 0.1) is 12.2 Å². The molecule has 4 heteroatoms. The molecule has 4 nitrogen and oxygen atoms in total. The molecule has 0 unspecified atom stereocenters. The van der Waals surface area contributed by atoms with Crippen molar-refractivity contribution in [2.45, 2.75) is 140 Å². The predicted molar refractivity (Wildman–Crippen MR) is 131 cm³/mol. The summed E-state index contributed by atoms with van der Waals surface area (Å²) in [7, 11) is 0. The number of fused-ring (bicyclic) bond motifs is 2. The van der Waals surface area contributed by atoms with Crippen LogP contribution in [0.25, 0.3) is 0 Å². The van der Waals surface area contributed by atoms with Crippen molar-refractivity contribution in [3.05, 3.63) is 0 Å². The molecule has 0 aromatic heterocycles. The van der Waals surface area contributed by atoms with Gasteiger partial charge in [0.15, 0.2) is 0 Å². The fourth-order valence-corrected chi connectivity index (χ4v) is 7.04. The van der Waals surface area contributed by atoms with Gasteiger partial charge in [-0.05, 0) is 76.0 Å². The van der Waals surface area contributed by atoms with E-state index < -0.39 is 11.8 Å². The van der Waals surface area contributed by atoms with Crippen LogP contribution >= 0.6 is 0 Å². The van der Waals surface area contributed by atoms with Crippen molar-refractivity contribution in [1.82, 2.24) is 9.80 Å². The van der Waals surface area contributed by atoms with E-state index in [0.29, 0.717) is 12.2 Å². The third kappa shape index (κ3) is 6.09. The van der Waals surface area contributed by atoms with Gasteiger partial charge in [0.2, 0.25) is 0 Å². The summed E-state index contributed by atoms with van der Waals surface area (Å²) in [5.74, 6) is -0.821. The first-order valence-electron chi connectivity index (χ1n) is 15.3. The molecule has 0 aromatic carbocycles. The minimum Gasteiger partial charge on any atom is -0.360 e. The normalized spacial score (nSPS) is 47.1. The number of nitrogens with zero attached hydrogens (tertiary/aromatic N) is 2. The highest BCUT2D eigenvalue weighted by atomic mass is 16.5. The Hall–Kier alpha value is -0.160. The van der Waals surface area contributed by atoms with E-state index in [4.69, 9.17) is 9.47 Å². The molecule has 5 rings (SSSR count). The Bertz CT molecular complexity index is 600. The summed E-state index contributed by atoms with van der Waals surface area (Å²) < 4.78 is 31.9. The molecule has 5 aliphatic rings. The Labute approximate surface area is 200 Å². The van der Waals surface area contributed by atoms with Crippen LogP contribution in [0.1, 0.15) is 118 Å². The topological polar surface area (TPSA) is 24.9 Å². The first-order chi connectivity index (χ1) is 16.6. The van der Waals surface area contributed by atoms with Crippen molar-refractivity contribution in [2.24, 2.45) is 11.8 Å². The molecule has 4 bridgehead atoms. The third-order valence-electron chi connectivity index (χ3n) is 8.92. The molecular weight excluding hydrogens is 396 g/mol. The fraction of sp³-hybridized carbons (Fsp3) is 1.00. The Morgan fingerprint density at radius 1 is 0.438 bits per heavy atom. The van der Waals surface area contributed by atoms with Crippen LogP contribution in [-0.4, -0.2) is 60.6 Å². The molecule has 0 aliphatic carbocycles. The van der Waals surface area contributed by atoms with Gasteiger partial charge >= 0.3 is 0 Å². The molecule has 0 aromatic rings. The molecule has 0 amide bonds. The number of rotatable bonds is 0. The second-order valence-corrected chi connectivity index (χ2v) is 11.3. The highest BCUT2D eigenvalue weighted by molar-refractivity contribution is 4.85. The van der Waals surface area contributed by atoms with E-state index >= 15 is 0 Å². The summed E-state index contributed by atoms with van der Waals surface area (Å²) in [5, 5.41) is 0. The number of hydrogen-bond donors (Lipinski definition) is 0. The summed E-state index contributed by atoms with van der Waals surface area (Å²) in [6.45, 7) is 4.48. The minimum atomic E-state index is -0.411. The fourth-order valence-electron chi connectivity index (χ4n) is 7.04. The van der Waals surface area contributed by atoms with Crippen molar-refractivity contribution < 1.29 is 12.2 Å². The standard InChI is InChI=1S/C28H50N2O2/c1-3-7-15-25-17-21-30-20-10-14-24(28(30)31-25)12-6-2-4-8-16-26-18-22-29-19-9-13-23(11-5-1)27(29)32-26/h23-28H,1-22H2/t23-,24+,25-,26-,27+,28+/m0/s1/i23D,24D. The summed E-state index contributed by atoms with van der Waals surface area (Å²) >= 11 is 0. The SMILES string of the molecule is [2H][C@]12CCCCCC[C@H]3CCN4CCC[C@@]([2H])(CCCCCC[C@H]5CCN(CCC1)[C@@H]2O5)[C@H]4O3. The van der Waals surface area contributed by atoms with Gasteiger partial charge in [-0.3, -0.25) is 9.80 Å². The maximum atomic E-state index is 9.32. The van der Waals surface area contributed by atoms with Crippen LogP contribution < -0.4 is 0 Å². The van der Waals surface area contributed by atoms with E-state index in [9.17, 15) is 2.74 Å². The molecule has 5 aliphatic heterocycles. The van der Waals surface area contributed by atoms with Crippen LogP contribution in [0.15, 0.2) is 0 Å². The van der Waals surface area contributed by atoms with Gasteiger partial charge in [0.25, 0.3) is 0 Å². The van der Waals surface area contributed by atoms with Gasteiger partial charge < -0.3 is 9.47 Å². The van der Waals surface area contributed by atoms with E-state index in [-0.39, 0.29) is 12.5 Å². The van der Waals surface area contributed by atoms with Gasteiger partial charge in [-0.25, -0.2) is 0 Å². The zero-order valence-electron chi connectivity index (χ0n) is 22.6. The molecule has 184 valence electrons. The molecule has 6 atom stereocenters. The molecule has 5 heterocycles. The van der Waals surface area contributed by atoms with Crippen LogP contribution in [-0.2, 0) is 9.47 Å². The predicted octanol–water partition coefficient (Wildman–Crippen LogP) is 6.34. The first kappa shape index (κ1) is 21.1. The Balaban J connectivity index is 1.21. The van der Waals surface area contributed by atoms with Gasteiger partial charge in [-0.1, -0.05) is 51.4 Å². The Kier molecular flexibility index (Phi) is 7.93. The van der Waals surface area contributed by atoms with Crippen LogP contribution in [0.5, 0.6) is 0 Å². The molecule has 32 heavy (non-hydrogen) atoms. The molecule has 5 saturated heterocycles. The zero-order chi connectivity index (χ0) is 23.4. The Morgan fingerprint density at radius 3 is 1.31 bits per heavy atom. The van der Waals surface area contributed by atoms with E-state index in [1.807, 2.05) is 0 Å². The number of ether oxygens (including phenoxy) is 2. The molecule has 0 spiro atoms. The lowest BCUT2D eigenvalue weighted by Gasteiger charge is -2.47. The summed E-state index contributed by atoms with van der Waals surface area (Å²) in [4.78, 5) is 4.97. The van der Waals surface area contributed by atoms with Crippen LogP contribution in [0.4, 0.5) is 0 Å². The molecule has 5 fully saturated rings. The molecular formula is C28H50N2O2. The third-order valence-corrected chi connectivity index (χ3v) is 8.92. The van der Waals surface area contributed by atoms with Crippen molar-refractivity contribution in [1.29, 1.82) is 0 Å². The lowest BCUT2D eigenvalue weighted by Crippen LogP contribution is -2.53. The van der Waals surface area contributed by atoms with Crippen molar-refractivity contribution in [3.8, 4) is 0 Å². The van der Waals surface area contributed by atoms with E-state index in [1.165, 1.54) is 38.5 Å². The summed E-state index contributed by atoms with van der Waals surface area (Å²) in [5.41, 5.74) is 0. The van der Waals surface area contributed by atoms with Crippen molar-refractivity contribution in [2.75, 3.05) is 26.2 Å². The van der Waals surface area contributed by atoms with E-state index in [0.717, 1.165) is 103 Å². The van der Waals surface area contributed by atoms with Crippen LogP contribution in [0.2, 0.25) is 0 Å². The van der Waals surface area contributed by atoms with Gasteiger partial charge in [0.1, 0.15) is 12.5 Å². The molecule has 0 N–H and O–H groups in total. The van der Waals surface area contributed by atoms with Crippen molar-refractivity contribution >= 4 is 0 Å². The van der Waals surface area contributed by atoms with Gasteiger partial charge in [-0.15, -0.1) is 0 Å². The summed E-state index contributed by atoms with van der Waals surface area (Å²) in [6, 6.07) is 0. The Morgan fingerprint density at radius 2 is 0.844 bits per heavy atom. The zero-order valence-corrected chi connectivity index (χ0v) is 20.6.